The van der Waals surface area contributed by atoms with Crippen molar-refractivity contribution in [2.45, 2.75) is 25.7 Å². The first-order valence-corrected chi connectivity index (χ1v) is 8.33. The zero-order chi connectivity index (χ0) is 17.9. The summed E-state index contributed by atoms with van der Waals surface area (Å²) < 4.78 is 30.0. The van der Waals surface area contributed by atoms with Crippen molar-refractivity contribution in [1.29, 1.82) is 0 Å². The molecule has 1 aromatic rings. The van der Waals surface area contributed by atoms with Crippen molar-refractivity contribution in [1.82, 2.24) is 4.57 Å². The molecule has 0 N–H and O–H groups in total. The Balaban J connectivity index is 2.68. The number of halogens is 1. The first-order chi connectivity index (χ1) is 11.4. The number of hydrogen-bond donors (Lipinski definition) is 0. The lowest BCUT2D eigenvalue weighted by Crippen LogP contribution is -2.51. The normalized spacial score (nSPS) is 26.2. The molecule has 0 spiro atoms. The van der Waals surface area contributed by atoms with Crippen molar-refractivity contribution in [2.75, 3.05) is 41.8 Å². The molecule has 0 saturated carbocycles. The molecule has 0 saturated heterocycles. The Bertz CT molecular complexity index is 634. The van der Waals surface area contributed by atoms with E-state index < -0.39 is 11.5 Å². The highest BCUT2D eigenvalue weighted by atomic mass is 79.9. The van der Waals surface area contributed by atoms with E-state index >= 15 is 0 Å². The second-order valence-electron chi connectivity index (χ2n) is 5.99. The van der Waals surface area contributed by atoms with Crippen LogP contribution in [0.15, 0.2) is 15.5 Å². The van der Waals surface area contributed by atoms with Gasteiger partial charge >= 0.3 is 0 Å². The van der Waals surface area contributed by atoms with Gasteiger partial charge in [0.25, 0.3) is 0 Å². The van der Waals surface area contributed by atoms with Crippen LogP contribution in [0, 0.1) is 5.41 Å². The van der Waals surface area contributed by atoms with Crippen molar-refractivity contribution in [2.24, 2.45) is 5.41 Å². The van der Waals surface area contributed by atoms with Gasteiger partial charge in [0.15, 0.2) is 5.75 Å². The Kier molecular flexibility index (Phi) is 6.44. The number of pyridine rings is 1. The molecule has 2 heterocycles. The predicted octanol–water partition coefficient (Wildman–Crippen LogP) is 1.96. The van der Waals surface area contributed by atoms with Gasteiger partial charge in [-0.05, 0) is 15.9 Å². The maximum absolute atomic E-state index is 12.5. The largest absolute Gasteiger partial charge is 0.491 e. The van der Waals surface area contributed by atoms with Crippen molar-refractivity contribution in [3.63, 3.8) is 0 Å². The predicted molar refractivity (Wildman–Crippen MR) is 91.4 cm³/mol. The summed E-state index contributed by atoms with van der Waals surface area (Å²) in [6.45, 7) is 3.04. The summed E-state index contributed by atoms with van der Waals surface area (Å²) in [6.07, 6.45) is 1.07. The minimum Gasteiger partial charge on any atom is -0.491 e. The molecule has 0 radical (unpaired) electrons. The molecule has 1 aliphatic heterocycles. The zero-order valence-corrected chi connectivity index (χ0v) is 16.2. The Morgan fingerprint density at radius 2 is 2.00 bits per heavy atom. The second kappa shape index (κ2) is 7.97. The van der Waals surface area contributed by atoms with Crippen LogP contribution in [-0.4, -0.2) is 52.5 Å². The minimum atomic E-state index is -0.518. The number of ether oxygens (including phenoxy) is 5. The van der Waals surface area contributed by atoms with Crippen molar-refractivity contribution in [3.05, 3.63) is 26.6 Å². The Morgan fingerprint density at radius 3 is 2.54 bits per heavy atom. The summed E-state index contributed by atoms with van der Waals surface area (Å²) in [6, 6.07) is 0. The highest BCUT2D eigenvalue weighted by Crippen LogP contribution is 2.47. The highest BCUT2D eigenvalue weighted by molar-refractivity contribution is 9.10. The number of hydrogen-bond acceptors (Lipinski definition) is 6. The van der Waals surface area contributed by atoms with Crippen LogP contribution < -0.4 is 10.2 Å². The molecule has 1 aromatic heterocycles. The monoisotopic (exact) mass is 405 g/mol. The molecule has 0 aliphatic carbocycles. The van der Waals surface area contributed by atoms with E-state index in [0.29, 0.717) is 23.3 Å². The van der Waals surface area contributed by atoms with Gasteiger partial charge in [-0.1, -0.05) is 6.92 Å². The lowest BCUT2D eigenvalue weighted by atomic mass is 9.74. The molecule has 8 heteroatoms. The highest BCUT2D eigenvalue weighted by Gasteiger charge is 2.50. The fourth-order valence-corrected chi connectivity index (χ4v) is 3.76. The Labute approximate surface area is 149 Å². The molecular formula is C16H24BrNO6. The molecule has 3 unspecified atom stereocenters. The standard InChI is InChI=1S/C16H24BrNO6/c1-16(8-20-2)11(22-4)7-18-6-10(17)13(19)14(23-5)12(18)15(16)24-9-21-3/h6,11,15H,7-9H2,1-5H3. The van der Waals surface area contributed by atoms with Gasteiger partial charge in [0.2, 0.25) is 5.43 Å². The van der Waals surface area contributed by atoms with Crippen LogP contribution in [0.2, 0.25) is 0 Å². The molecule has 136 valence electrons. The van der Waals surface area contributed by atoms with Crippen LogP contribution in [0.1, 0.15) is 18.7 Å². The fourth-order valence-electron chi connectivity index (χ4n) is 3.34. The van der Waals surface area contributed by atoms with Crippen molar-refractivity contribution >= 4 is 15.9 Å². The first-order valence-electron chi connectivity index (χ1n) is 7.53. The molecule has 2 rings (SSSR count). The lowest BCUT2D eigenvalue weighted by Gasteiger charge is -2.47. The smallest absolute Gasteiger partial charge is 0.237 e. The summed E-state index contributed by atoms with van der Waals surface area (Å²) in [5.41, 5.74) is -0.0729. The third-order valence-corrected chi connectivity index (χ3v) is 5.04. The second-order valence-corrected chi connectivity index (χ2v) is 6.85. The molecule has 7 nitrogen and oxygen atoms in total. The number of methoxy groups -OCH3 is 4. The maximum Gasteiger partial charge on any atom is 0.237 e. The van der Waals surface area contributed by atoms with E-state index in [9.17, 15) is 4.79 Å². The quantitative estimate of drug-likeness (QED) is 0.645. The van der Waals surface area contributed by atoms with Crippen molar-refractivity contribution in [3.8, 4) is 5.75 Å². The van der Waals surface area contributed by atoms with Gasteiger partial charge in [0.1, 0.15) is 12.9 Å². The average Bonchev–Trinajstić information content (AvgIpc) is 2.56. The van der Waals surface area contributed by atoms with Gasteiger partial charge in [-0.15, -0.1) is 0 Å². The Hall–Kier alpha value is -0.930. The Morgan fingerprint density at radius 1 is 1.29 bits per heavy atom. The van der Waals surface area contributed by atoms with E-state index in [1.54, 1.807) is 27.5 Å². The van der Waals surface area contributed by atoms with E-state index in [4.69, 9.17) is 23.7 Å². The van der Waals surface area contributed by atoms with E-state index in [1.807, 2.05) is 11.5 Å². The summed E-state index contributed by atoms with van der Waals surface area (Å²) in [7, 11) is 6.32. The molecule has 1 aliphatic rings. The lowest BCUT2D eigenvalue weighted by molar-refractivity contribution is -0.186. The van der Waals surface area contributed by atoms with Gasteiger partial charge in [-0.25, -0.2) is 0 Å². The molecule has 24 heavy (non-hydrogen) atoms. The number of rotatable bonds is 7. The van der Waals surface area contributed by atoms with Crippen molar-refractivity contribution < 1.29 is 23.7 Å². The van der Waals surface area contributed by atoms with E-state index in [1.165, 1.54) is 7.11 Å². The maximum atomic E-state index is 12.5. The topological polar surface area (TPSA) is 68.2 Å². The van der Waals surface area contributed by atoms with E-state index in [2.05, 4.69) is 15.9 Å². The summed E-state index contributed by atoms with van der Waals surface area (Å²) >= 11 is 3.30. The number of fused-ring (bicyclic) bond motifs is 1. The van der Waals surface area contributed by atoms with Crippen LogP contribution in [0.5, 0.6) is 5.75 Å². The molecule has 0 aromatic carbocycles. The molecule has 0 bridgehead atoms. The summed E-state index contributed by atoms with van der Waals surface area (Å²) in [4.78, 5) is 12.5. The van der Waals surface area contributed by atoms with Crippen LogP contribution in [0.25, 0.3) is 0 Å². The van der Waals surface area contributed by atoms with Crippen LogP contribution in [0.3, 0.4) is 0 Å². The van der Waals surface area contributed by atoms with Gasteiger partial charge in [-0.3, -0.25) is 4.79 Å². The van der Waals surface area contributed by atoms with Gasteiger partial charge in [-0.2, -0.15) is 0 Å². The van der Waals surface area contributed by atoms with E-state index in [0.717, 1.165) is 0 Å². The van der Waals surface area contributed by atoms with Crippen LogP contribution in [0.4, 0.5) is 0 Å². The van der Waals surface area contributed by atoms with E-state index in [-0.39, 0.29) is 24.1 Å². The van der Waals surface area contributed by atoms with Gasteiger partial charge < -0.3 is 28.3 Å². The van der Waals surface area contributed by atoms with Gasteiger partial charge in [0, 0.05) is 34.1 Å². The third-order valence-electron chi connectivity index (χ3n) is 4.48. The number of aromatic nitrogens is 1. The third kappa shape index (κ3) is 3.25. The zero-order valence-electron chi connectivity index (χ0n) is 14.6. The first kappa shape index (κ1) is 19.4. The fraction of sp³-hybridized carbons (Fsp3) is 0.688. The molecule has 3 atom stereocenters. The molecule has 0 amide bonds. The summed E-state index contributed by atoms with van der Waals surface area (Å²) in [5.74, 6) is 0.252. The van der Waals surface area contributed by atoms with Gasteiger partial charge in [0.05, 0.1) is 35.4 Å². The molecular weight excluding hydrogens is 382 g/mol. The average molecular weight is 406 g/mol. The minimum absolute atomic E-state index is 0.0772. The van der Waals surface area contributed by atoms with Crippen LogP contribution in [-0.2, 0) is 25.5 Å². The number of nitrogens with zero attached hydrogens (tertiary/aromatic N) is 1. The molecule has 0 fully saturated rings. The summed E-state index contributed by atoms with van der Waals surface area (Å²) in [5, 5.41) is 0. The SMILES string of the molecule is COCOC1c2c(OC)c(=O)c(Br)cn2CC(OC)C1(C)COC. The van der Waals surface area contributed by atoms with Crippen LogP contribution >= 0.6 is 15.9 Å².